The molecule has 2 heterocycles. The van der Waals surface area contributed by atoms with E-state index in [1.807, 2.05) is 0 Å². The Morgan fingerprint density at radius 1 is 0.917 bits per heavy atom. The van der Waals surface area contributed by atoms with E-state index < -0.39 is 42.7 Å². The Hall–Kier alpha value is -3.55. The lowest BCUT2D eigenvalue weighted by Gasteiger charge is -2.39. The number of methoxy groups -OCH3 is 3. The fraction of sp³-hybridized carbons (Fsp3) is 0.375. The second-order valence-electron chi connectivity index (χ2n) is 8.02. The number of ether oxygens (including phenoxy) is 5. The van der Waals surface area contributed by atoms with E-state index in [0.29, 0.717) is 5.75 Å². The zero-order valence-electron chi connectivity index (χ0n) is 19.6. The molecule has 36 heavy (non-hydrogen) atoms. The molecular weight excluding hydrogens is 480 g/mol. The third kappa shape index (κ3) is 4.40. The number of hydrogen-bond donors (Lipinski definition) is 5. The second-order valence-corrected chi connectivity index (χ2v) is 8.02. The van der Waals surface area contributed by atoms with Crippen LogP contribution in [0.15, 0.2) is 39.7 Å². The van der Waals surface area contributed by atoms with E-state index in [0.717, 1.165) is 0 Å². The van der Waals surface area contributed by atoms with Gasteiger partial charge in [-0.1, -0.05) is 0 Å². The van der Waals surface area contributed by atoms with Crippen molar-refractivity contribution in [2.24, 2.45) is 0 Å². The molecule has 5 N–H and O–H groups in total. The van der Waals surface area contributed by atoms with Crippen LogP contribution in [0.2, 0.25) is 0 Å². The summed E-state index contributed by atoms with van der Waals surface area (Å²) < 4.78 is 32.6. The number of hydrogen-bond acceptors (Lipinski definition) is 12. The average molecular weight is 506 g/mol. The normalized spacial score (nSPS) is 23.9. The van der Waals surface area contributed by atoms with Gasteiger partial charge in [-0.15, -0.1) is 0 Å². The number of phenolic OH excluding ortho intramolecular Hbond substituents is 1. The van der Waals surface area contributed by atoms with E-state index in [2.05, 4.69) is 0 Å². The van der Waals surface area contributed by atoms with Crippen LogP contribution in [-0.2, 0) is 4.74 Å². The highest BCUT2D eigenvalue weighted by atomic mass is 16.7. The fourth-order valence-electron chi connectivity index (χ4n) is 3.99. The van der Waals surface area contributed by atoms with Crippen molar-refractivity contribution in [2.75, 3.05) is 27.9 Å². The van der Waals surface area contributed by atoms with E-state index in [9.17, 15) is 30.3 Å². The highest BCUT2D eigenvalue weighted by Crippen LogP contribution is 2.42. The van der Waals surface area contributed by atoms with Crippen molar-refractivity contribution in [3.63, 3.8) is 0 Å². The predicted molar refractivity (Wildman–Crippen MR) is 124 cm³/mol. The van der Waals surface area contributed by atoms with Crippen LogP contribution in [0, 0.1) is 0 Å². The van der Waals surface area contributed by atoms with Crippen molar-refractivity contribution in [1.29, 1.82) is 0 Å². The zero-order chi connectivity index (χ0) is 26.1. The summed E-state index contributed by atoms with van der Waals surface area (Å²) in [6, 6.07) is 5.62. The van der Waals surface area contributed by atoms with Crippen LogP contribution in [-0.4, -0.2) is 84.2 Å². The zero-order valence-corrected chi connectivity index (χ0v) is 19.6. The Bertz CT molecular complexity index is 1300. The second kappa shape index (κ2) is 10.2. The van der Waals surface area contributed by atoms with Crippen LogP contribution in [0.1, 0.15) is 0 Å². The van der Waals surface area contributed by atoms with E-state index in [-0.39, 0.29) is 45.1 Å². The summed E-state index contributed by atoms with van der Waals surface area (Å²) in [6.07, 6.45) is -6.43. The number of fused-ring (bicyclic) bond motifs is 1. The summed E-state index contributed by atoms with van der Waals surface area (Å²) in [5.41, 5.74) is -0.151. The quantitative estimate of drug-likeness (QED) is 0.298. The number of aliphatic hydroxyl groups is 4. The number of benzene rings is 2. The molecule has 1 aliphatic heterocycles. The Morgan fingerprint density at radius 2 is 1.64 bits per heavy atom. The molecule has 194 valence electrons. The van der Waals surface area contributed by atoms with Crippen LogP contribution < -0.4 is 24.4 Å². The first kappa shape index (κ1) is 25.5. The minimum absolute atomic E-state index is 0.0440. The average Bonchev–Trinajstić information content (AvgIpc) is 2.88. The number of phenols is 1. The maximum Gasteiger partial charge on any atom is 0.229 e. The van der Waals surface area contributed by atoms with Crippen molar-refractivity contribution >= 4 is 11.0 Å². The van der Waals surface area contributed by atoms with Crippen LogP contribution in [0.5, 0.6) is 28.7 Å². The topological polar surface area (TPSA) is 178 Å². The Morgan fingerprint density at radius 3 is 2.28 bits per heavy atom. The first-order valence-corrected chi connectivity index (χ1v) is 10.8. The molecular formula is C24H26O12. The Balaban J connectivity index is 1.81. The lowest BCUT2D eigenvalue weighted by atomic mass is 9.99. The summed E-state index contributed by atoms with van der Waals surface area (Å²) in [7, 11) is 4.11. The molecule has 12 nitrogen and oxygen atoms in total. The minimum atomic E-state index is -1.68. The molecule has 0 amide bonds. The molecule has 5 unspecified atom stereocenters. The van der Waals surface area contributed by atoms with Crippen LogP contribution >= 0.6 is 0 Å². The summed E-state index contributed by atoms with van der Waals surface area (Å²) in [4.78, 5) is 13.3. The molecule has 1 saturated heterocycles. The molecule has 0 aliphatic carbocycles. The first-order chi connectivity index (χ1) is 17.2. The van der Waals surface area contributed by atoms with Gasteiger partial charge in [-0.2, -0.15) is 0 Å². The van der Waals surface area contributed by atoms with Crippen molar-refractivity contribution in [3.8, 4) is 39.9 Å². The van der Waals surface area contributed by atoms with E-state index in [4.69, 9.17) is 28.1 Å². The highest BCUT2D eigenvalue weighted by molar-refractivity contribution is 5.88. The lowest BCUT2D eigenvalue weighted by molar-refractivity contribution is -0.277. The van der Waals surface area contributed by atoms with E-state index in [1.165, 1.54) is 51.9 Å². The molecule has 0 spiro atoms. The molecule has 1 aromatic heterocycles. The summed E-state index contributed by atoms with van der Waals surface area (Å²) in [5.74, 6) is 0.147. The molecule has 0 saturated carbocycles. The minimum Gasteiger partial charge on any atom is -0.507 e. The van der Waals surface area contributed by atoms with Crippen molar-refractivity contribution in [2.45, 2.75) is 30.7 Å². The lowest BCUT2D eigenvalue weighted by Crippen LogP contribution is -2.60. The Labute approximate surface area is 204 Å². The molecule has 1 fully saturated rings. The molecule has 2 aromatic carbocycles. The van der Waals surface area contributed by atoms with Gasteiger partial charge < -0.3 is 53.6 Å². The van der Waals surface area contributed by atoms with E-state index >= 15 is 0 Å². The van der Waals surface area contributed by atoms with Gasteiger partial charge in [0.05, 0.1) is 33.5 Å². The monoisotopic (exact) mass is 506 g/mol. The van der Waals surface area contributed by atoms with Gasteiger partial charge >= 0.3 is 0 Å². The Kier molecular flexibility index (Phi) is 7.24. The maximum absolute atomic E-state index is 13.3. The number of rotatable bonds is 7. The van der Waals surface area contributed by atoms with Gasteiger partial charge in [-0.25, -0.2) is 0 Å². The molecule has 3 aromatic rings. The summed E-state index contributed by atoms with van der Waals surface area (Å²) in [6.45, 7) is -0.641. The smallest absolute Gasteiger partial charge is 0.229 e. The van der Waals surface area contributed by atoms with Gasteiger partial charge in [0.25, 0.3) is 0 Å². The number of aromatic hydroxyl groups is 1. The third-order valence-corrected chi connectivity index (χ3v) is 5.91. The molecule has 1 aliphatic rings. The van der Waals surface area contributed by atoms with Gasteiger partial charge in [0.15, 0.2) is 11.5 Å². The molecule has 0 radical (unpaired) electrons. The largest absolute Gasteiger partial charge is 0.507 e. The maximum atomic E-state index is 13.3. The highest BCUT2D eigenvalue weighted by Gasteiger charge is 2.45. The molecule has 4 rings (SSSR count). The van der Waals surface area contributed by atoms with Crippen LogP contribution in [0.3, 0.4) is 0 Å². The van der Waals surface area contributed by atoms with Crippen molar-refractivity contribution < 1.29 is 53.6 Å². The summed E-state index contributed by atoms with van der Waals surface area (Å²) in [5, 5.41) is 50.3. The van der Waals surface area contributed by atoms with Gasteiger partial charge in [0.2, 0.25) is 17.5 Å². The van der Waals surface area contributed by atoms with Crippen LogP contribution in [0.4, 0.5) is 0 Å². The predicted octanol–water partition coefficient (Wildman–Crippen LogP) is 0.370. The first-order valence-electron chi connectivity index (χ1n) is 10.8. The number of aliphatic hydroxyl groups excluding tert-OH is 4. The SMILES string of the molecule is COc1cc(O)c2c(=O)c(-c3cc(OC)c(OC)c(OC4OC(CO)C(O)C(O)C4O)c3)coc2c1. The molecule has 12 heteroatoms. The van der Waals surface area contributed by atoms with E-state index in [1.54, 1.807) is 0 Å². The molecule has 5 atom stereocenters. The van der Waals surface area contributed by atoms with Gasteiger partial charge in [-0.05, 0) is 17.7 Å². The third-order valence-electron chi connectivity index (χ3n) is 5.91. The molecule has 0 bridgehead atoms. The van der Waals surface area contributed by atoms with Crippen molar-refractivity contribution in [1.82, 2.24) is 0 Å². The van der Waals surface area contributed by atoms with Gasteiger partial charge in [0, 0.05) is 12.1 Å². The van der Waals surface area contributed by atoms with Crippen LogP contribution in [0.25, 0.3) is 22.1 Å². The van der Waals surface area contributed by atoms with Crippen molar-refractivity contribution in [3.05, 3.63) is 40.8 Å². The van der Waals surface area contributed by atoms with Gasteiger partial charge in [0.1, 0.15) is 53.1 Å². The fourth-order valence-corrected chi connectivity index (χ4v) is 3.99. The standard InChI is InChI=1S/C24H26O12/c1-31-11-6-13(26)18-14(7-11)34-9-12(19(18)27)10-4-15(32-2)23(33-3)16(5-10)35-24-22(30)21(29)20(28)17(8-25)36-24/h4-7,9,17,20-22,24-26,28-30H,8H2,1-3H3. The summed E-state index contributed by atoms with van der Waals surface area (Å²) >= 11 is 0. The van der Waals surface area contributed by atoms with Gasteiger partial charge in [-0.3, -0.25) is 4.79 Å².